The summed E-state index contributed by atoms with van der Waals surface area (Å²) in [4.78, 5) is 2.41. The third-order valence-corrected chi connectivity index (χ3v) is 6.21. The highest BCUT2D eigenvalue weighted by Gasteiger charge is 2.33. The Kier molecular flexibility index (Phi) is 7.42. The van der Waals surface area contributed by atoms with E-state index in [-0.39, 0.29) is 17.0 Å². The number of benzene rings is 4. The van der Waals surface area contributed by atoms with Crippen LogP contribution < -0.4 is 41.7 Å². The lowest BCUT2D eigenvalue weighted by atomic mass is 10.1. The molecule has 0 saturated carbocycles. The molecule has 0 saturated heterocycles. The Morgan fingerprint density at radius 1 is 0.686 bits per heavy atom. The monoisotopic (exact) mass is 529 g/mol. The second-order valence-electron chi connectivity index (χ2n) is 8.16. The predicted molar refractivity (Wildman–Crippen MR) is 139 cm³/mol. The van der Waals surface area contributed by atoms with Crippen molar-refractivity contribution < 1.29 is 31.0 Å². The molecule has 0 radical (unpaired) electrons. The molecule has 1 aliphatic rings. The molecule has 6 heteroatoms. The topological polar surface area (TPSA) is 51.6 Å². The van der Waals surface area contributed by atoms with E-state index in [9.17, 15) is 0 Å². The summed E-state index contributed by atoms with van der Waals surface area (Å²) in [6.45, 7) is 1.97. The maximum absolute atomic E-state index is 5.43. The number of hydrogen-bond donors (Lipinski definition) is 1. The summed E-state index contributed by atoms with van der Waals surface area (Å²) in [5.74, 6) is 3.00. The largest absolute Gasteiger partial charge is 1.00 e. The van der Waals surface area contributed by atoms with Gasteiger partial charge in [-0.1, -0.05) is 36.4 Å². The van der Waals surface area contributed by atoms with E-state index in [1.807, 2.05) is 24.3 Å². The lowest BCUT2D eigenvalue weighted by Crippen LogP contribution is -3.00. The van der Waals surface area contributed by atoms with Gasteiger partial charge in [0.15, 0.2) is 0 Å². The van der Waals surface area contributed by atoms with Crippen LogP contribution in [0, 0.1) is 0 Å². The van der Waals surface area contributed by atoms with Gasteiger partial charge in [-0.15, -0.1) is 0 Å². The summed E-state index contributed by atoms with van der Waals surface area (Å²) < 4.78 is 12.7. The maximum atomic E-state index is 5.43. The summed E-state index contributed by atoms with van der Waals surface area (Å²) in [7, 11) is 3.33. The molecule has 4 aromatic carbocycles. The van der Waals surface area contributed by atoms with Crippen LogP contribution in [0.15, 0.2) is 97.1 Å². The van der Waals surface area contributed by atoms with Gasteiger partial charge >= 0.3 is 0 Å². The second-order valence-corrected chi connectivity index (χ2v) is 8.16. The molecule has 1 aromatic heterocycles. The molecular formula is C29H28BrN3O2. The summed E-state index contributed by atoms with van der Waals surface area (Å²) in [6, 6.07) is 33.0. The molecule has 6 rings (SSSR count). The van der Waals surface area contributed by atoms with Gasteiger partial charge < -0.3 is 32.2 Å². The van der Waals surface area contributed by atoms with E-state index in [0.717, 1.165) is 30.3 Å². The molecule has 0 fully saturated rings. The number of fused-ring (bicyclic) bond motifs is 6. The van der Waals surface area contributed by atoms with Crippen LogP contribution in [0.2, 0.25) is 0 Å². The Morgan fingerprint density at radius 2 is 1.23 bits per heavy atom. The van der Waals surface area contributed by atoms with Crippen LogP contribution in [0.5, 0.6) is 11.5 Å². The van der Waals surface area contributed by atoms with Gasteiger partial charge in [-0.25, -0.2) is 9.47 Å². The average Bonchev–Trinajstić information content (AvgIpc) is 3.35. The normalized spacial score (nSPS) is 11.9. The van der Waals surface area contributed by atoms with Crippen LogP contribution in [0.4, 0.5) is 17.2 Å². The molecule has 0 spiro atoms. The number of hydrogen-bond acceptors (Lipinski definition) is 4. The number of halogens is 1. The molecule has 0 aliphatic carbocycles. The van der Waals surface area contributed by atoms with Crippen molar-refractivity contribution in [3.8, 4) is 11.5 Å². The van der Waals surface area contributed by atoms with E-state index in [4.69, 9.17) is 15.2 Å². The number of anilines is 3. The van der Waals surface area contributed by atoms with Gasteiger partial charge in [0.05, 0.1) is 19.6 Å². The van der Waals surface area contributed by atoms with E-state index < -0.39 is 0 Å². The Balaban J connectivity index is 0.000000247. The quantitative estimate of drug-likeness (QED) is 0.222. The van der Waals surface area contributed by atoms with Crippen LogP contribution in [-0.4, -0.2) is 20.8 Å². The van der Waals surface area contributed by atoms with Gasteiger partial charge in [0.2, 0.25) is 0 Å². The Bertz CT molecular complexity index is 1440. The van der Waals surface area contributed by atoms with Crippen LogP contribution in [0.25, 0.3) is 21.7 Å². The Labute approximate surface area is 216 Å². The lowest BCUT2D eigenvalue weighted by molar-refractivity contribution is -0.643. The first-order valence-corrected chi connectivity index (χ1v) is 11.3. The molecular weight excluding hydrogens is 502 g/mol. The lowest BCUT2D eigenvalue weighted by Gasteiger charge is -2.14. The van der Waals surface area contributed by atoms with Gasteiger partial charge in [-0.3, -0.25) is 0 Å². The van der Waals surface area contributed by atoms with Crippen LogP contribution in [-0.2, 0) is 6.54 Å². The minimum absolute atomic E-state index is 0. The second kappa shape index (κ2) is 10.7. The fourth-order valence-corrected chi connectivity index (χ4v) is 4.55. The number of nitrogens with zero attached hydrogens (tertiary/aromatic N) is 2. The van der Waals surface area contributed by atoms with Crippen molar-refractivity contribution in [1.82, 2.24) is 0 Å². The van der Waals surface area contributed by atoms with Gasteiger partial charge in [-0.2, -0.15) is 0 Å². The number of aromatic nitrogens is 1. The first kappa shape index (κ1) is 24.4. The number of nitrogens with two attached hydrogens (primary N) is 1. The number of pyridine rings is 1. The Hall–Kier alpha value is -3.77. The highest BCUT2D eigenvalue weighted by Crippen LogP contribution is 2.36. The van der Waals surface area contributed by atoms with Gasteiger partial charge in [-0.05, 0) is 60.7 Å². The molecule has 5 nitrogen and oxygen atoms in total. The molecule has 1 aliphatic heterocycles. The molecule has 2 N–H and O–H groups in total. The van der Waals surface area contributed by atoms with E-state index >= 15 is 0 Å². The third-order valence-electron chi connectivity index (χ3n) is 6.21. The highest BCUT2D eigenvalue weighted by molar-refractivity contribution is 6.08. The zero-order valence-corrected chi connectivity index (χ0v) is 21.4. The van der Waals surface area contributed by atoms with Crippen molar-refractivity contribution in [2.45, 2.75) is 6.54 Å². The minimum atomic E-state index is 0. The highest BCUT2D eigenvalue weighted by atomic mass is 79.9. The van der Waals surface area contributed by atoms with Crippen molar-refractivity contribution in [2.24, 2.45) is 0 Å². The van der Waals surface area contributed by atoms with E-state index in [0.29, 0.717) is 0 Å². The van der Waals surface area contributed by atoms with E-state index in [1.165, 1.54) is 33.2 Å². The zero-order chi connectivity index (χ0) is 23.5. The van der Waals surface area contributed by atoms with Crippen molar-refractivity contribution in [3.63, 3.8) is 0 Å². The van der Waals surface area contributed by atoms with Gasteiger partial charge in [0, 0.05) is 16.5 Å². The number of para-hydroxylation sites is 1. The summed E-state index contributed by atoms with van der Waals surface area (Å²) >= 11 is 0. The Morgan fingerprint density at radius 3 is 1.86 bits per heavy atom. The van der Waals surface area contributed by atoms with E-state index in [2.05, 4.69) is 70.1 Å². The molecule has 0 amide bonds. The standard InChI is InChI=1S/C22H19N2O.C7H9NO.BrH/c1-25-17-12-10-16(11-13-17)23-14-15-24-21-9-5-4-7-19(21)18-6-2-3-8-20(18)22(23)24;1-9-7-4-2-6(8)3-5-7;/h2-13H,14-15H2,1H3;2-5H,8H2,1H3;1H/q+1;;/p-1. The molecule has 178 valence electrons. The average molecular weight is 530 g/mol. The summed E-state index contributed by atoms with van der Waals surface area (Å²) in [5.41, 5.74) is 8.69. The van der Waals surface area contributed by atoms with Gasteiger partial charge in [0.25, 0.3) is 5.82 Å². The molecule has 5 aromatic rings. The van der Waals surface area contributed by atoms with Gasteiger partial charge in [0.1, 0.15) is 35.8 Å². The fraction of sp³-hybridized carbons (Fsp3) is 0.138. The van der Waals surface area contributed by atoms with Crippen molar-refractivity contribution in [1.29, 1.82) is 0 Å². The number of ether oxygens (including phenoxy) is 2. The fourth-order valence-electron chi connectivity index (χ4n) is 4.55. The summed E-state index contributed by atoms with van der Waals surface area (Å²) in [5, 5.41) is 3.93. The molecule has 0 bridgehead atoms. The number of methoxy groups -OCH3 is 2. The molecule has 0 unspecified atom stereocenters. The van der Waals surface area contributed by atoms with E-state index in [1.54, 1.807) is 26.4 Å². The summed E-state index contributed by atoms with van der Waals surface area (Å²) in [6.07, 6.45) is 0. The number of rotatable bonds is 3. The smallest absolute Gasteiger partial charge is 0.290 e. The number of nitrogen functional groups attached to an aromatic ring is 1. The van der Waals surface area contributed by atoms with Crippen molar-refractivity contribution in [2.75, 3.05) is 31.4 Å². The van der Waals surface area contributed by atoms with Crippen LogP contribution >= 0.6 is 0 Å². The predicted octanol–water partition coefficient (Wildman–Crippen LogP) is 2.72. The maximum Gasteiger partial charge on any atom is 0.290 e. The zero-order valence-electron chi connectivity index (χ0n) is 19.8. The van der Waals surface area contributed by atoms with Crippen molar-refractivity contribution in [3.05, 3.63) is 97.1 Å². The molecule has 35 heavy (non-hydrogen) atoms. The molecule has 0 atom stereocenters. The van der Waals surface area contributed by atoms with Crippen LogP contribution in [0.3, 0.4) is 0 Å². The molecule has 2 heterocycles. The minimum Gasteiger partial charge on any atom is -1.00 e. The SMILES string of the molecule is COc1ccc(N)cc1.COc1ccc(N2CC[n+]3c2c2ccccc2c2ccccc23)cc1.[Br-]. The third kappa shape index (κ3) is 4.75. The first-order chi connectivity index (χ1) is 16.7. The first-order valence-electron chi connectivity index (χ1n) is 11.3. The van der Waals surface area contributed by atoms with Crippen molar-refractivity contribution >= 4 is 38.9 Å². The van der Waals surface area contributed by atoms with Crippen LogP contribution in [0.1, 0.15) is 0 Å².